The summed E-state index contributed by atoms with van der Waals surface area (Å²) in [7, 11) is 1.63. The van der Waals surface area contributed by atoms with Crippen molar-refractivity contribution < 1.29 is 9.53 Å². The van der Waals surface area contributed by atoms with E-state index in [0.29, 0.717) is 26.2 Å². The minimum absolute atomic E-state index is 0.0752. The minimum Gasteiger partial charge on any atom is -0.383 e. The Morgan fingerprint density at radius 1 is 1.43 bits per heavy atom. The third-order valence-corrected chi connectivity index (χ3v) is 3.67. The van der Waals surface area contributed by atoms with Crippen LogP contribution in [0, 0.1) is 0 Å². The highest BCUT2D eigenvalue weighted by atomic mass is 16.5. The van der Waals surface area contributed by atoms with Gasteiger partial charge in [-0.3, -0.25) is 9.36 Å². The van der Waals surface area contributed by atoms with Gasteiger partial charge in [-0.15, -0.1) is 10.2 Å². The molecule has 0 unspecified atom stereocenters. The average Bonchev–Trinajstić information content (AvgIpc) is 3.12. The van der Waals surface area contributed by atoms with Gasteiger partial charge in [0.2, 0.25) is 5.91 Å². The zero-order chi connectivity index (χ0) is 14.8. The molecule has 2 aromatic rings. The van der Waals surface area contributed by atoms with Crippen molar-refractivity contribution in [2.75, 3.05) is 20.3 Å². The first-order chi connectivity index (χ1) is 10.2. The number of hydrogen-bond acceptors (Lipinski definition) is 5. The van der Waals surface area contributed by atoms with Crippen LogP contribution in [0.4, 0.5) is 0 Å². The quantitative estimate of drug-likeness (QED) is 0.779. The van der Waals surface area contributed by atoms with E-state index in [2.05, 4.69) is 15.2 Å². The highest BCUT2D eigenvalue weighted by Crippen LogP contribution is 2.22. The molecule has 1 amide bonds. The van der Waals surface area contributed by atoms with Crippen LogP contribution in [-0.4, -0.2) is 55.4 Å². The summed E-state index contributed by atoms with van der Waals surface area (Å²) >= 11 is 0. The molecule has 0 aliphatic carbocycles. The van der Waals surface area contributed by atoms with Gasteiger partial charge in [0.05, 0.1) is 26.0 Å². The number of carbonyl (C=O) groups is 1. The summed E-state index contributed by atoms with van der Waals surface area (Å²) in [5.41, 5.74) is 0. The second kappa shape index (κ2) is 5.65. The number of amides is 1. The first kappa shape index (κ1) is 13.7. The number of methoxy groups -OCH3 is 1. The van der Waals surface area contributed by atoms with Crippen LogP contribution in [-0.2, 0) is 22.6 Å². The van der Waals surface area contributed by atoms with Crippen LogP contribution in [0.5, 0.6) is 0 Å². The summed E-state index contributed by atoms with van der Waals surface area (Å²) in [6.07, 6.45) is 5.30. The van der Waals surface area contributed by atoms with E-state index in [0.717, 1.165) is 11.6 Å². The number of fused-ring (bicyclic) bond motifs is 1. The van der Waals surface area contributed by atoms with Crippen molar-refractivity contribution in [3.8, 4) is 0 Å². The van der Waals surface area contributed by atoms with E-state index in [4.69, 9.17) is 4.74 Å². The molecule has 0 fully saturated rings. The van der Waals surface area contributed by atoms with Crippen LogP contribution in [0.2, 0.25) is 0 Å². The van der Waals surface area contributed by atoms with Gasteiger partial charge >= 0.3 is 0 Å². The Balaban J connectivity index is 1.84. The van der Waals surface area contributed by atoms with E-state index in [1.807, 2.05) is 22.3 Å². The Bertz CT molecular complexity index is 621. The summed E-state index contributed by atoms with van der Waals surface area (Å²) in [6.45, 7) is 4.01. The molecule has 8 nitrogen and oxygen atoms in total. The summed E-state index contributed by atoms with van der Waals surface area (Å²) in [4.78, 5) is 18.2. The van der Waals surface area contributed by atoms with Crippen LogP contribution in [0.25, 0.3) is 0 Å². The van der Waals surface area contributed by atoms with Gasteiger partial charge in [0.1, 0.15) is 6.04 Å². The van der Waals surface area contributed by atoms with Crippen LogP contribution >= 0.6 is 0 Å². The van der Waals surface area contributed by atoms with Crippen molar-refractivity contribution in [2.45, 2.75) is 26.1 Å². The number of aromatic nitrogens is 5. The van der Waals surface area contributed by atoms with Gasteiger partial charge in [-0.1, -0.05) is 0 Å². The molecule has 21 heavy (non-hydrogen) atoms. The maximum absolute atomic E-state index is 12.4. The maximum Gasteiger partial charge on any atom is 0.245 e. The van der Waals surface area contributed by atoms with Gasteiger partial charge in [-0.05, 0) is 6.92 Å². The summed E-state index contributed by atoms with van der Waals surface area (Å²) in [5, 5.41) is 8.45. The Morgan fingerprint density at radius 3 is 3.00 bits per heavy atom. The fourth-order valence-corrected chi connectivity index (χ4v) is 2.58. The Hall–Kier alpha value is -2.22. The van der Waals surface area contributed by atoms with Crippen LogP contribution in [0.3, 0.4) is 0 Å². The van der Waals surface area contributed by atoms with Gasteiger partial charge in [0, 0.05) is 26.0 Å². The Kier molecular flexibility index (Phi) is 3.70. The standard InChI is InChI=1S/C13H18N6O2/c1-10-13(20)18(5-6-21-2)8-12-16-15-11(19(10)12)7-17-4-3-14-9-17/h3-4,9-10H,5-8H2,1-2H3/t10-/m0/s1. The molecule has 3 heterocycles. The molecule has 0 saturated heterocycles. The number of rotatable bonds is 5. The lowest BCUT2D eigenvalue weighted by Gasteiger charge is -2.31. The molecule has 0 radical (unpaired) electrons. The number of imidazole rings is 1. The molecular formula is C13H18N6O2. The van der Waals surface area contributed by atoms with Crippen LogP contribution in [0.15, 0.2) is 18.7 Å². The molecule has 1 atom stereocenters. The third kappa shape index (κ3) is 2.54. The summed E-state index contributed by atoms with van der Waals surface area (Å²) in [5.74, 6) is 1.66. The molecule has 0 spiro atoms. The first-order valence-corrected chi connectivity index (χ1v) is 6.87. The van der Waals surface area contributed by atoms with E-state index in [1.165, 1.54) is 0 Å². The molecule has 8 heteroatoms. The van der Waals surface area contributed by atoms with E-state index >= 15 is 0 Å². The van der Waals surface area contributed by atoms with E-state index < -0.39 is 0 Å². The largest absolute Gasteiger partial charge is 0.383 e. The van der Waals surface area contributed by atoms with Gasteiger partial charge in [0.25, 0.3) is 0 Å². The number of ether oxygens (including phenoxy) is 1. The van der Waals surface area contributed by atoms with Gasteiger partial charge in [-0.25, -0.2) is 4.98 Å². The maximum atomic E-state index is 12.4. The molecule has 0 aromatic carbocycles. The molecule has 0 bridgehead atoms. The zero-order valence-corrected chi connectivity index (χ0v) is 12.1. The minimum atomic E-state index is -0.292. The van der Waals surface area contributed by atoms with E-state index in [9.17, 15) is 4.79 Å². The Morgan fingerprint density at radius 2 is 2.29 bits per heavy atom. The van der Waals surface area contributed by atoms with Gasteiger partial charge < -0.3 is 14.2 Å². The molecule has 0 N–H and O–H groups in total. The van der Waals surface area contributed by atoms with E-state index in [1.54, 1.807) is 24.5 Å². The molecular weight excluding hydrogens is 272 g/mol. The van der Waals surface area contributed by atoms with Crippen molar-refractivity contribution in [3.63, 3.8) is 0 Å². The lowest BCUT2D eigenvalue weighted by molar-refractivity contribution is -0.137. The predicted molar refractivity (Wildman–Crippen MR) is 73.4 cm³/mol. The third-order valence-electron chi connectivity index (χ3n) is 3.67. The van der Waals surface area contributed by atoms with Crippen molar-refractivity contribution in [2.24, 2.45) is 0 Å². The summed E-state index contributed by atoms with van der Waals surface area (Å²) < 4.78 is 8.88. The molecule has 3 rings (SSSR count). The lowest BCUT2D eigenvalue weighted by atomic mass is 10.2. The van der Waals surface area contributed by atoms with Crippen molar-refractivity contribution in [1.29, 1.82) is 0 Å². The number of carbonyl (C=O) groups excluding carboxylic acids is 1. The molecule has 0 saturated carbocycles. The van der Waals surface area contributed by atoms with Gasteiger partial charge in [-0.2, -0.15) is 0 Å². The lowest BCUT2D eigenvalue weighted by Crippen LogP contribution is -2.43. The topological polar surface area (TPSA) is 78.1 Å². The van der Waals surface area contributed by atoms with Crippen LogP contribution < -0.4 is 0 Å². The number of hydrogen-bond donors (Lipinski definition) is 0. The normalized spacial score (nSPS) is 18.1. The van der Waals surface area contributed by atoms with Crippen molar-refractivity contribution in [3.05, 3.63) is 30.4 Å². The Labute approximate surface area is 122 Å². The van der Waals surface area contributed by atoms with E-state index in [-0.39, 0.29) is 11.9 Å². The zero-order valence-electron chi connectivity index (χ0n) is 12.1. The smallest absolute Gasteiger partial charge is 0.245 e. The second-order valence-electron chi connectivity index (χ2n) is 5.07. The molecule has 1 aliphatic heterocycles. The highest BCUT2D eigenvalue weighted by molar-refractivity contribution is 5.81. The fraction of sp³-hybridized carbons (Fsp3) is 0.538. The highest BCUT2D eigenvalue weighted by Gasteiger charge is 2.32. The fourth-order valence-electron chi connectivity index (χ4n) is 2.58. The van der Waals surface area contributed by atoms with Gasteiger partial charge in [0.15, 0.2) is 11.6 Å². The number of nitrogens with zero attached hydrogens (tertiary/aromatic N) is 6. The molecule has 2 aromatic heterocycles. The SMILES string of the molecule is COCCN1Cc2nnc(Cn3ccnc3)n2[C@@H](C)C1=O. The average molecular weight is 290 g/mol. The second-order valence-corrected chi connectivity index (χ2v) is 5.07. The van der Waals surface area contributed by atoms with Crippen molar-refractivity contribution in [1.82, 2.24) is 29.2 Å². The van der Waals surface area contributed by atoms with Crippen molar-refractivity contribution >= 4 is 5.91 Å². The first-order valence-electron chi connectivity index (χ1n) is 6.87. The summed E-state index contributed by atoms with van der Waals surface area (Å²) in [6, 6.07) is -0.292. The molecule has 1 aliphatic rings. The predicted octanol–water partition coefficient (Wildman–Crippen LogP) is 0.0725. The van der Waals surface area contributed by atoms with Crippen LogP contribution in [0.1, 0.15) is 24.6 Å². The monoisotopic (exact) mass is 290 g/mol. The molecule has 112 valence electrons.